The van der Waals surface area contributed by atoms with Gasteiger partial charge in [0.15, 0.2) is 0 Å². The molecule has 0 bridgehead atoms. The Morgan fingerprint density at radius 1 is 1.28 bits per heavy atom. The van der Waals surface area contributed by atoms with Crippen LogP contribution < -0.4 is 5.32 Å². The van der Waals surface area contributed by atoms with Crippen LogP contribution in [0.4, 0.5) is 0 Å². The molecule has 18 heavy (non-hydrogen) atoms. The van der Waals surface area contributed by atoms with Crippen LogP contribution in [0.2, 0.25) is 5.02 Å². The summed E-state index contributed by atoms with van der Waals surface area (Å²) in [4.78, 5) is 0. The van der Waals surface area contributed by atoms with Crippen molar-refractivity contribution in [1.29, 1.82) is 0 Å². The highest BCUT2D eigenvalue weighted by Crippen LogP contribution is 2.29. The predicted molar refractivity (Wildman–Crippen MR) is 71.8 cm³/mol. The third-order valence-electron chi connectivity index (χ3n) is 2.76. The average Bonchev–Trinajstić information content (AvgIpc) is 2.82. The fourth-order valence-corrected chi connectivity index (χ4v) is 2.17. The van der Waals surface area contributed by atoms with Crippen molar-refractivity contribution >= 4 is 11.6 Å². The van der Waals surface area contributed by atoms with Crippen LogP contribution in [0.15, 0.2) is 40.8 Å². The summed E-state index contributed by atoms with van der Waals surface area (Å²) in [5, 5.41) is 3.94. The lowest BCUT2D eigenvalue weighted by molar-refractivity contribution is 0.162. The van der Waals surface area contributed by atoms with Crippen LogP contribution in [0.1, 0.15) is 23.1 Å². The molecule has 2 aromatic rings. The minimum absolute atomic E-state index is 0.0516. The second-order valence-corrected chi connectivity index (χ2v) is 4.39. The molecule has 0 spiro atoms. The summed E-state index contributed by atoms with van der Waals surface area (Å²) < 4.78 is 10.8. The topological polar surface area (TPSA) is 34.4 Å². The molecule has 0 saturated carbocycles. The second kappa shape index (κ2) is 6.05. The van der Waals surface area contributed by atoms with Crippen LogP contribution in [0.3, 0.4) is 0 Å². The average molecular weight is 266 g/mol. The number of nitrogens with one attached hydrogen (secondary N) is 1. The van der Waals surface area contributed by atoms with E-state index in [1.54, 1.807) is 7.11 Å². The number of ether oxygens (including phenoxy) is 1. The Balaban J connectivity index is 2.30. The van der Waals surface area contributed by atoms with E-state index < -0.39 is 0 Å². The van der Waals surface area contributed by atoms with E-state index in [-0.39, 0.29) is 6.04 Å². The number of hydrogen-bond donors (Lipinski definition) is 1. The minimum atomic E-state index is -0.0516. The Hall–Kier alpha value is -1.29. The van der Waals surface area contributed by atoms with Gasteiger partial charge in [-0.05, 0) is 30.8 Å². The Kier molecular flexibility index (Phi) is 4.42. The van der Waals surface area contributed by atoms with Crippen molar-refractivity contribution in [2.24, 2.45) is 0 Å². The smallest absolute Gasteiger partial charge is 0.129 e. The molecule has 96 valence electrons. The van der Waals surface area contributed by atoms with Crippen molar-refractivity contribution in [1.82, 2.24) is 5.32 Å². The number of halogens is 1. The van der Waals surface area contributed by atoms with Crippen molar-refractivity contribution in [2.45, 2.75) is 12.6 Å². The highest BCUT2D eigenvalue weighted by molar-refractivity contribution is 6.31. The van der Waals surface area contributed by atoms with E-state index in [9.17, 15) is 0 Å². The summed E-state index contributed by atoms with van der Waals surface area (Å²) in [5.74, 6) is 1.64. The van der Waals surface area contributed by atoms with Gasteiger partial charge in [0.05, 0.1) is 6.04 Å². The lowest BCUT2D eigenvalue weighted by atomic mass is 10.0. The number of rotatable bonds is 5. The van der Waals surface area contributed by atoms with Gasteiger partial charge in [-0.15, -0.1) is 0 Å². The van der Waals surface area contributed by atoms with Crippen LogP contribution in [0, 0.1) is 0 Å². The first-order chi connectivity index (χ1) is 8.76. The first-order valence-corrected chi connectivity index (χ1v) is 6.13. The number of benzene rings is 1. The molecule has 1 unspecified atom stereocenters. The lowest BCUT2D eigenvalue weighted by Crippen LogP contribution is -2.17. The third kappa shape index (κ3) is 2.75. The first-order valence-electron chi connectivity index (χ1n) is 5.75. The van der Waals surface area contributed by atoms with E-state index in [0.29, 0.717) is 6.61 Å². The fourth-order valence-electron chi connectivity index (χ4n) is 1.93. The normalized spacial score (nSPS) is 12.6. The van der Waals surface area contributed by atoms with Gasteiger partial charge in [0, 0.05) is 12.1 Å². The maximum Gasteiger partial charge on any atom is 0.129 e. The molecule has 1 aromatic carbocycles. The van der Waals surface area contributed by atoms with E-state index in [1.807, 2.05) is 43.4 Å². The quantitative estimate of drug-likeness (QED) is 0.900. The van der Waals surface area contributed by atoms with Crippen molar-refractivity contribution in [2.75, 3.05) is 14.2 Å². The van der Waals surface area contributed by atoms with Crippen molar-refractivity contribution in [3.05, 3.63) is 58.5 Å². The number of furan rings is 1. The van der Waals surface area contributed by atoms with Crippen molar-refractivity contribution in [3.8, 4) is 0 Å². The molecule has 0 saturated heterocycles. The second-order valence-electron chi connectivity index (χ2n) is 3.98. The highest BCUT2D eigenvalue weighted by atomic mass is 35.5. The Labute approximate surface area is 112 Å². The Morgan fingerprint density at radius 3 is 2.72 bits per heavy atom. The molecule has 0 aliphatic heterocycles. The maximum absolute atomic E-state index is 6.21. The largest absolute Gasteiger partial charge is 0.462 e. The molecule has 1 atom stereocenters. The van der Waals surface area contributed by atoms with E-state index in [1.165, 1.54) is 0 Å². The standard InChI is InChI=1S/C14H16ClNO2/c1-16-14(11-5-3-4-6-12(11)15)13-8-7-10(18-13)9-17-2/h3-8,14,16H,9H2,1-2H3. The summed E-state index contributed by atoms with van der Waals surface area (Å²) in [6.45, 7) is 0.471. The lowest BCUT2D eigenvalue weighted by Gasteiger charge is -2.15. The predicted octanol–water partition coefficient (Wildman–Crippen LogP) is 3.39. The first kappa shape index (κ1) is 13.1. The molecule has 0 aliphatic carbocycles. The molecule has 1 N–H and O–H groups in total. The van der Waals surface area contributed by atoms with Gasteiger partial charge in [0.2, 0.25) is 0 Å². The summed E-state index contributed by atoms with van der Waals surface area (Å²) in [7, 11) is 3.53. The third-order valence-corrected chi connectivity index (χ3v) is 3.10. The minimum Gasteiger partial charge on any atom is -0.462 e. The van der Waals surface area contributed by atoms with E-state index in [2.05, 4.69) is 5.32 Å². The maximum atomic E-state index is 6.21. The molecule has 0 fully saturated rings. The van der Waals surface area contributed by atoms with Crippen LogP contribution in [0.5, 0.6) is 0 Å². The Morgan fingerprint density at radius 2 is 2.06 bits per heavy atom. The SMILES string of the molecule is CNC(c1ccc(COC)o1)c1ccccc1Cl. The van der Waals surface area contributed by atoms with Crippen LogP contribution in [0.25, 0.3) is 0 Å². The number of hydrogen-bond acceptors (Lipinski definition) is 3. The monoisotopic (exact) mass is 265 g/mol. The fraction of sp³-hybridized carbons (Fsp3) is 0.286. The molecule has 0 radical (unpaired) electrons. The zero-order valence-corrected chi connectivity index (χ0v) is 11.2. The molecular formula is C14H16ClNO2. The van der Waals surface area contributed by atoms with Gasteiger partial charge < -0.3 is 14.5 Å². The summed E-state index contributed by atoms with van der Waals surface area (Å²) in [5.41, 5.74) is 1.000. The summed E-state index contributed by atoms with van der Waals surface area (Å²) in [6, 6.07) is 11.5. The summed E-state index contributed by atoms with van der Waals surface area (Å²) in [6.07, 6.45) is 0. The molecule has 4 heteroatoms. The van der Waals surface area contributed by atoms with E-state index in [4.69, 9.17) is 20.8 Å². The van der Waals surface area contributed by atoms with Gasteiger partial charge in [-0.25, -0.2) is 0 Å². The molecule has 1 aromatic heterocycles. The van der Waals surface area contributed by atoms with Crippen LogP contribution >= 0.6 is 11.6 Å². The van der Waals surface area contributed by atoms with E-state index >= 15 is 0 Å². The van der Waals surface area contributed by atoms with E-state index in [0.717, 1.165) is 22.1 Å². The summed E-state index contributed by atoms with van der Waals surface area (Å²) >= 11 is 6.21. The van der Waals surface area contributed by atoms with Gasteiger partial charge in [0.25, 0.3) is 0 Å². The van der Waals surface area contributed by atoms with Crippen molar-refractivity contribution < 1.29 is 9.15 Å². The number of methoxy groups -OCH3 is 1. The highest BCUT2D eigenvalue weighted by Gasteiger charge is 2.18. The van der Waals surface area contributed by atoms with Gasteiger partial charge in [-0.1, -0.05) is 29.8 Å². The molecule has 0 amide bonds. The van der Waals surface area contributed by atoms with Crippen molar-refractivity contribution in [3.63, 3.8) is 0 Å². The zero-order chi connectivity index (χ0) is 13.0. The molecule has 1 heterocycles. The molecule has 3 nitrogen and oxygen atoms in total. The van der Waals surface area contributed by atoms with Gasteiger partial charge >= 0.3 is 0 Å². The molecular weight excluding hydrogens is 250 g/mol. The van der Waals surface area contributed by atoms with Gasteiger partial charge in [0.1, 0.15) is 18.1 Å². The molecule has 0 aliphatic rings. The van der Waals surface area contributed by atoms with Gasteiger partial charge in [-0.2, -0.15) is 0 Å². The molecule has 2 rings (SSSR count). The Bertz CT molecular complexity index is 510. The van der Waals surface area contributed by atoms with Crippen LogP contribution in [-0.2, 0) is 11.3 Å². The zero-order valence-electron chi connectivity index (χ0n) is 10.4. The van der Waals surface area contributed by atoms with Crippen LogP contribution in [-0.4, -0.2) is 14.2 Å². The van der Waals surface area contributed by atoms with Gasteiger partial charge in [-0.3, -0.25) is 0 Å².